The standard InChI is InChI=1S/C18H16ClN3OS/c1-22-16(11-17(23)20-15-9-7-13(19)8-10-15)12-24-18(22)21-14-5-3-2-4-6-14/h2-10,12H,11H2,1H3,(H,20,23). The zero-order chi connectivity index (χ0) is 16.9. The molecule has 3 rings (SSSR count). The minimum Gasteiger partial charge on any atom is -0.326 e. The lowest BCUT2D eigenvalue weighted by molar-refractivity contribution is -0.115. The smallest absolute Gasteiger partial charge is 0.230 e. The molecule has 3 aromatic rings. The van der Waals surface area contributed by atoms with Crippen molar-refractivity contribution in [2.24, 2.45) is 12.0 Å². The second-order valence-corrected chi connectivity index (χ2v) is 6.52. The molecular weight excluding hydrogens is 342 g/mol. The Morgan fingerprint density at radius 2 is 1.88 bits per heavy atom. The van der Waals surface area contributed by atoms with Crippen molar-refractivity contribution in [1.82, 2.24) is 4.57 Å². The molecule has 0 fully saturated rings. The van der Waals surface area contributed by atoms with Crippen LogP contribution < -0.4 is 10.1 Å². The lowest BCUT2D eigenvalue weighted by Gasteiger charge is -2.06. The average Bonchev–Trinajstić information content (AvgIpc) is 2.91. The van der Waals surface area contributed by atoms with E-state index in [-0.39, 0.29) is 5.91 Å². The van der Waals surface area contributed by atoms with Gasteiger partial charge in [-0.2, -0.15) is 0 Å². The highest BCUT2D eigenvalue weighted by Gasteiger charge is 2.08. The molecule has 1 heterocycles. The number of aromatic nitrogens is 1. The Labute approximate surface area is 149 Å². The van der Waals surface area contributed by atoms with Gasteiger partial charge in [-0.25, -0.2) is 4.99 Å². The van der Waals surface area contributed by atoms with Crippen LogP contribution in [0.3, 0.4) is 0 Å². The van der Waals surface area contributed by atoms with E-state index in [2.05, 4.69) is 10.3 Å². The Hall–Kier alpha value is -2.37. The molecule has 0 aliphatic rings. The second-order valence-electron chi connectivity index (χ2n) is 5.25. The Balaban J connectivity index is 1.73. The molecule has 0 atom stereocenters. The van der Waals surface area contributed by atoms with Crippen LogP contribution in [-0.4, -0.2) is 10.5 Å². The van der Waals surface area contributed by atoms with E-state index in [1.54, 1.807) is 24.3 Å². The molecule has 0 unspecified atom stereocenters. The summed E-state index contributed by atoms with van der Waals surface area (Å²) in [5.41, 5.74) is 2.55. The zero-order valence-corrected chi connectivity index (χ0v) is 14.6. The Morgan fingerprint density at radius 3 is 2.58 bits per heavy atom. The van der Waals surface area contributed by atoms with Crippen molar-refractivity contribution in [2.45, 2.75) is 6.42 Å². The molecule has 1 aromatic heterocycles. The van der Waals surface area contributed by atoms with Gasteiger partial charge >= 0.3 is 0 Å². The van der Waals surface area contributed by atoms with Gasteiger partial charge in [0.05, 0.1) is 12.1 Å². The maximum atomic E-state index is 12.2. The molecule has 24 heavy (non-hydrogen) atoms. The minimum absolute atomic E-state index is 0.0722. The number of hydrogen-bond donors (Lipinski definition) is 1. The molecule has 122 valence electrons. The van der Waals surface area contributed by atoms with Crippen LogP contribution in [0.15, 0.2) is 65.0 Å². The summed E-state index contributed by atoms with van der Waals surface area (Å²) >= 11 is 7.36. The van der Waals surface area contributed by atoms with E-state index in [4.69, 9.17) is 11.6 Å². The van der Waals surface area contributed by atoms with E-state index < -0.39 is 0 Å². The minimum atomic E-state index is -0.0722. The summed E-state index contributed by atoms with van der Waals surface area (Å²) in [5, 5.41) is 5.47. The summed E-state index contributed by atoms with van der Waals surface area (Å²) in [6, 6.07) is 16.8. The molecular formula is C18H16ClN3OS. The lowest BCUT2D eigenvalue weighted by atomic mass is 10.3. The predicted octanol–water partition coefficient (Wildman–Crippen LogP) is 4.15. The molecule has 0 radical (unpaired) electrons. The van der Waals surface area contributed by atoms with Gasteiger partial charge in [0.25, 0.3) is 0 Å². The molecule has 2 aromatic carbocycles. The number of carbonyl (C=O) groups excluding carboxylic acids is 1. The topological polar surface area (TPSA) is 46.4 Å². The summed E-state index contributed by atoms with van der Waals surface area (Å²) in [5.74, 6) is -0.0722. The summed E-state index contributed by atoms with van der Waals surface area (Å²) in [4.78, 5) is 17.7. The monoisotopic (exact) mass is 357 g/mol. The van der Waals surface area contributed by atoms with E-state index in [0.29, 0.717) is 11.4 Å². The van der Waals surface area contributed by atoms with Gasteiger partial charge in [0.1, 0.15) is 0 Å². The van der Waals surface area contributed by atoms with Gasteiger partial charge in [-0.15, -0.1) is 11.3 Å². The van der Waals surface area contributed by atoms with Crippen LogP contribution in [0, 0.1) is 0 Å². The van der Waals surface area contributed by atoms with Gasteiger partial charge in [-0.3, -0.25) is 4.79 Å². The van der Waals surface area contributed by atoms with E-state index >= 15 is 0 Å². The Morgan fingerprint density at radius 1 is 1.17 bits per heavy atom. The van der Waals surface area contributed by atoms with Gasteiger partial charge in [0.2, 0.25) is 5.91 Å². The molecule has 0 aliphatic carbocycles. The van der Waals surface area contributed by atoms with Crippen LogP contribution in [-0.2, 0) is 18.3 Å². The maximum absolute atomic E-state index is 12.2. The molecule has 0 saturated carbocycles. The largest absolute Gasteiger partial charge is 0.326 e. The third-order valence-corrected chi connectivity index (χ3v) is 4.69. The van der Waals surface area contributed by atoms with Gasteiger partial charge in [-0.1, -0.05) is 29.8 Å². The second kappa shape index (κ2) is 7.47. The normalized spacial score (nSPS) is 11.5. The first-order valence-corrected chi connectivity index (χ1v) is 8.66. The van der Waals surface area contributed by atoms with E-state index in [0.717, 1.165) is 21.9 Å². The maximum Gasteiger partial charge on any atom is 0.230 e. The number of benzene rings is 2. The van der Waals surface area contributed by atoms with Crippen LogP contribution in [0.25, 0.3) is 0 Å². The fourth-order valence-corrected chi connectivity index (χ4v) is 3.22. The third-order valence-electron chi connectivity index (χ3n) is 3.47. The fourth-order valence-electron chi connectivity index (χ4n) is 2.18. The number of nitrogens with one attached hydrogen (secondary N) is 1. The predicted molar refractivity (Wildman–Crippen MR) is 98.7 cm³/mol. The number of nitrogens with zero attached hydrogens (tertiary/aromatic N) is 2. The summed E-state index contributed by atoms with van der Waals surface area (Å²) in [6.45, 7) is 0. The van der Waals surface area contributed by atoms with Crippen molar-refractivity contribution in [2.75, 3.05) is 5.32 Å². The van der Waals surface area contributed by atoms with Crippen LogP contribution >= 0.6 is 22.9 Å². The van der Waals surface area contributed by atoms with E-state index in [9.17, 15) is 4.79 Å². The molecule has 0 aliphatic heterocycles. The fraction of sp³-hybridized carbons (Fsp3) is 0.111. The van der Waals surface area contributed by atoms with Crippen molar-refractivity contribution in [3.63, 3.8) is 0 Å². The number of para-hydroxylation sites is 1. The molecule has 4 nitrogen and oxygen atoms in total. The van der Waals surface area contributed by atoms with Crippen molar-refractivity contribution in [3.05, 3.63) is 75.5 Å². The number of amides is 1. The molecule has 6 heteroatoms. The number of thiazole rings is 1. The van der Waals surface area contributed by atoms with Crippen molar-refractivity contribution < 1.29 is 4.79 Å². The zero-order valence-electron chi connectivity index (χ0n) is 13.1. The molecule has 0 spiro atoms. The van der Waals surface area contributed by atoms with E-state index in [1.807, 2.05) is 47.3 Å². The van der Waals surface area contributed by atoms with Gasteiger partial charge < -0.3 is 9.88 Å². The van der Waals surface area contributed by atoms with Gasteiger partial charge in [0.15, 0.2) is 4.80 Å². The third kappa shape index (κ3) is 4.13. The van der Waals surface area contributed by atoms with Crippen molar-refractivity contribution in [1.29, 1.82) is 0 Å². The number of hydrogen-bond acceptors (Lipinski definition) is 3. The Bertz CT molecular complexity index is 898. The van der Waals surface area contributed by atoms with Crippen molar-refractivity contribution >= 4 is 40.2 Å². The first-order chi connectivity index (χ1) is 11.6. The van der Waals surface area contributed by atoms with Gasteiger partial charge in [0, 0.05) is 28.8 Å². The highest BCUT2D eigenvalue weighted by molar-refractivity contribution is 7.07. The summed E-state index contributed by atoms with van der Waals surface area (Å²) in [6.07, 6.45) is 0.292. The van der Waals surface area contributed by atoms with Crippen molar-refractivity contribution in [3.8, 4) is 0 Å². The van der Waals surface area contributed by atoms with E-state index in [1.165, 1.54) is 11.3 Å². The average molecular weight is 358 g/mol. The SMILES string of the molecule is Cn1c(CC(=O)Nc2ccc(Cl)cc2)csc1=Nc1ccccc1. The quantitative estimate of drug-likeness (QED) is 0.749. The molecule has 0 bridgehead atoms. The molecule has 1 N–H and O–H groups in total. The van der Waals surface area contributed by atoms with Crippen LogP contribution in [0.2, 0.25) is 5.02 Å². The van der Waals surface area contributed by atoms with Crippen LogP contribution in [0.5, 0.6) is 0 Å². The van der Waals surface area contributed by atoms with Crippen LogP contribution in [0.1, 0.15) is 5.69 Å². The first-order valence-electron chi connectivity index (χ1n) is 7.40. The number of anilines is 1. The summed E-state index contributed by atoms with van der Waals surface area (Å²) in [7, 11) is 1.92. The summed E-state index contributed by atoms with van der Waals surface area (Å²) < 4.78 is 1.94. The number of rotatable bonds is 4. The number of halogens is 1. The molecule has 0 saturated heterocycles. The lowest BCUT2D eigenvalue weighted by Crippen LogP contribution is -2.19. The van der Waals surface area contributed by atoms with Crippen LogP contribution in [0.4, 0.5) is 11.4 Å². The highest BCUT2D eigenvalue weighted by Crippen LogP contribution is 2.14. The Kier molecular flexibility index (Phi) is 5.13. The highest BCUT2D eigenvalue weighted by atomic mass is 35.5. The number of carbonyl (C=O) groups is 1. The first kappa shape index (κ1) is 16.5. The molecule has 1 amide bonds. The van der Waals surface area contributed by atoms with Gasteiger partial charge in [-0.05, 0) is 36.4 Å².